The molecule has 1 aromatic rings. The summed E-state index contributed by atoms with van der Waals surface area (Å²) in [5.41, 5.74) is 0. The monoisotopic (exact) mass is 280 g/mol. The summed E-state index contributed by atoms with van der Waals surface area (Å²) in [6, 6.07) is 3.25. The lowest BCUT2D eigenvalue weighted by molar-refractivity contribution is 0.168. The fraction of sp³-hybridized carbons (Fsp3) is 0.636. The van der Waals surface area contributed by atoms with E-state index in [2.05, 4.69) is 30.1 Å². The topological polar surface area (TPSA) is 15.3 Å². The minimum Gasteiger partial charge on any atom is -0.309 e. The van der Waals surface area contributed by atoms with E-state index >= 15 is 0 Å². The van der Waals surface area contributed by atoms with E-state index in [9.17, 15) is 0 Å². The molecule has 0 spiro atoms. The first kappa shape index (κ1) is 14.3. The van der Waals surface area contributed by atoms with Gasteiger partial charge in [-0.2, -0.15) is 0 Å². The van der Waals surface area contributed by atoms with Crippen LogP contribution in [-0.2, 0) is 6.54 Å². The average Bonchev–Trinajstić information content (AvgIpc) is 2.49. The number of nitrogens with one attached hydrogen (secondary N) is 1. The molecule has 1 aliphatic rings. The highest BCUT2D eigenvalue weighted by molar-refractivity contribution is 7.10. The molecule has 2 unspecified atom stereocenters. The third-order valence-corrected chi connectivity index (χ3v) is 3.90. The zero-order valence-electron chi connectivity index (χ0n) is 9.57. The van der Waals surface area contributed by atoms with Gasteiger partial charge in [0.25, 0.3) is 0 Å². The number of nitrogens with zero attached hydrogens (tertiary/aromatic N) is 1. The molecule has 1 aliphatic heterocycles. The normalized spacial score (nSPS) is 26.4. The summed E-state index contributed by atoms with van der Waals surface area (Å²) in [5.74, 6) is 0. The molecule has 2 heterocycles. The van der Waals surface area contributed by atoms with E-state index in [0.29, 0.717) is 12.1 Å². The van der Waals surface area contributed by atoms with Gasteiger partial charge < -0.3 is 5.32 Å². The molecule has 2 atom stereocenters. The third-order valence-electron chi connectivity index (χ3n) is 2.63. The van der Waals surface area contributed by atoms with Crippen molar-refractivity contribution in [3.63, 3.8) is 0 Å². The predicted molar refractivity (Wildman–Crippen MR) is 73.9 cm³/mol. The summed E-state index contributed by atoms with van der Waals surface area (Å²) < 4.78 is 0. The van der Waals surface area contributed by atoms with Crippen molar-refractivity contribution in [3.05, 3.63) is 21.3 Å². The maximum atomic E-state index is 5.91. The second kappa shape index (κ2) is 6.22. The second-order valence-electron chi connectivity index (χ2n) is 4.39. The van der Waals surface area contributed by atoms with E-state index in [1.54, 1.807) is 11.3 Å². The van der Waals surface area contributed by atoms with Crippen molar-refractivity contribution < 1.29 is 0 Å². The van der Waals surface area contributed by atoms with Gasteiger partial charge in [-0.05, 0) is 19.9 Å². The van der Waals surface area contributed by atoms with E-state index in [-0.39, 0.29) is 12.4 Å². The van der Waals surface area contributed by atoms with Gasteiger partial charge in [0.05, 0.1) is 5.02 Å². The second-order valence-corrected chi connectivity index (χ2v) is 5.83. The van der Waals surface area contributed by atoms with Gasteiger partial charge >= 0.3 is 0 Å². The summed E-state index contributed by atoms with van der Waals surface area (Å²) in [4.78, 5) is 3.86. The zero-order valence-corrected chi connectivity index (χ0v) is 12.0. The minimum atomic E-state index is 0. The van der Waals surface area contributed by atoms with E-state index in [4.69, 9.17) is 11.6 Å². The van der Waals surface area contributed by atoms with Gasteiger partial charge in [-0.3, -0.25) is 4.90 Å². The molecule has 0 aliphatic carbocycles. The van der Waals surface area contributed by atoms with E-state index in [1.165, 1.54) is 4.88 Å². The van der Waals surface area contributed by atoms with Crippen LogP contribution in [0.2, 0.25) is 5.02 Å². The molecule has 16 heavy (non-hydrogen) atoms. The van der Waals surface area contributed by atoms with Crippen molar-refractivity contribution in [1.29, 1.82) is 0 Å². The Morgan fingerprint density at radius 2 is 2.06 bits per heavy atom. The third kappa shape index (κ3) is 3.90. The van der Waals surface area contributed by atoms with Crippen LogP contribution in [0.4, 0.5) is 0 Å². The van der Waals surface area contributed by atoms with Gasteiger partial charge in [-0.1, -0.05) is 11.6 Å². The summed E-state index contributed by atoms with van der Waals surface area (Å²) in [6.45, 7) is 7.77. The molecule has 0 radical (unpaired) electrons. The van der Waals surface area contributed by atoms with Gasteiger partial charge in [-0.15, -0.1) is 23.7 Å². The van der Waals surface area contributed by atoms with Crippen LogP contribution >= 0.6 is 35.3 Å². The smallest absolute Gasteiger partial charge is 0.0516 e. The minimum absolute atomic E-state index is 0. The first-order valence-corrected chi connectivity index (χ1v) is 6.60. The van der Waals surface area contributed by atoms with Crippen LogP contribution in [0.15, 0.2) is 11.4 Å². The van der Waals surface area contributed by atoms with E-state index in [1.807, 2.05) is 5.38 Å². The van der Waals surface area contributed by atoms with Gasteiger partial charge in [0.15, 0.2) is 0 Å². The van der Waals surface area contributed by atoms with Crippen LogP contribution < -0.4 is 5.32 Å². The molecule has 1 N–H and O–H groups in total. The number of thiophene rings is 1. The van der Waals surface area contributed by atoms with Crippen LogP contribution in [0.1, 0.15) is 18.7 Å². The lowest BCUT2D eigenvalue weighted by Gasteiger charge is -2.35. The highest BCUT2D eigenvalue weighted by atomic mass is 35.5. The Morgan fingerprint density at radius 1 is 1.44 bits per heavy atom. The maximum absolute atomic E-state index is 5.91. The molecule has 2 nitrogen and oxygen atoms in total. The van der Waals surface area contributed by atoms with Crippen molar-refractivity contribution in [2.45, 2.75) is 32.5 Å². The van der Waals surface area contributed by atoms with Crippen LogP contribution in [-0.4, -0.2) is 30.1 Å². The lowest BCUT2D eigenvalue weighted by atomic mass is 10.1. The molecule has 0 aromatic carbocycles. The van der Waals surface area contributed by atoms with Crippen molar-refractivity contribution in [2.75, 3.05) is 13.1 Å². The van der Waals surface area contributed by atoms with Crippen molar-refractivity contribution >= 4 is 35.3 Å². The molecule has 1 fully saturated rings. The highest BCUT2D eigenvalue weighted by Gasteiger charge is 2.20. The lowest BCUT2D eigenvalue weighted by Crippen LogP contribution is -2.53. The van der Waals surface area contributed by atoms with Crippen LogP contribution in [0, 0.1) is 0 Å². The molecule has 0 amide bonds. The molecular weight excluding hydrogens is 263 g/mol. The van der Waals surface area contributed by atoms with Crippen LogP contribution in [0.5, 0.6) is 0 Å². The van der Waals surface area contributed by atoms with E-state index in [0.717, 1.165) is 24.7 Å². The van der Waals surface area contributed by atoms with Crippen molar-refractivity contribution in [1.82, 2.24) is 10.2 Å². The Labute approximate surface area is 112 Å². The van der Waals surface area contributed by atoms with Gasteiger partial charge in [-0.25, -0.2) is 0 Å². The summed E-state index contributed by atoms with van der Waals surface area (Å²) in [5, 5.41) is 6.41. The van der Waals surface area contributed by atoms with Crippen molar-refractivity contribution in [2.24, 2.45) is 0 Å². The number of hydrogen-bond donors (Lipinski definition) is 1. The SMILES string of the molecule is CC1CN(Cc2cc(Cl)cs2)CC(C)N1.Cl. The Kier molecular flexibility index (Phi) is 5.54. The molecule has 92 valence electrons. The summed E-state index contributed by atoms with van der Waals surface area (Å²) in [6.07, 6.45) is 0. The molecule has 1 aromatic heterocycles. The number of piperazine rings is 1. The summed E-state index contributed by atoms with van der Waals surface area (Å²) >= 11 is 7.67. The Hall–Kier alpha value is 0.200. The van der Waals surface area contributed by atoms with Crippen LogP contribution in [0.3, 0.4) is 0 Å². The first-order chi connectivity index (χ1) is 7.13. The summed E-state index contributed by atoms with van der Waals surface area (Å²) in [7, 11) is 0. The molecule has 0 saturated carbocycles. The fourth-order valence-corrected chi connectivity index (χ4v) is 3.34. The van der Waals surface area contributed by atoms with Gasteiger partial charge in [0.1, 0.15) is 0 Å². The Bertz CT molecular complexity index is 320. The number of halogens is 2. The Morgan fingerprint density at radius 3 is 2.56 bits per heavy atom. The largest absolute Gasteiger partial charge is 0.309 e. The molecule has 0 bridgehead atoms. The van der Waals surface area contributed by atoms with Crippen LogP contribution in [0.25, 0.3) is 0 Å². The van der Waals surface area contributed by atoms with Gasteiger partial charge in [0.2, 0.25) is 0 Å². The molecule has 5 heteroatoms. The Balaban J connectivity index is 0.00000128. The average molecular weight is 281 g/mol. The van der Waals surface area contributed by atoms with E-state index < -0.39 is 0 Å². The molecule has 1 saturated heterocycles. The molecule has 2 rings (SSSR count). The predicted octanol–water partition coefficient (Wildman–Crippen LogP) is 3.01. The number of hydrogen-bond acceptors (Lipinski definition) is 3. The van der Waals surface area contributed by atoms with Gasteiger partial charge in [0, 0.05) is 42.0 Å². The quantitative estimate of drug-likeness (QED) is 0.896. The first-order valence-electron chi connectivity index (χ1n) is 5.35. The maximum Gasteiger partial charge on any atom is 0.0516 e. The number of rotatable bonds is 2. The standard InChI is InChI=1S/C11H17ClN2S.ClH/c1-8-4-14(5-9(2)13-8)6-11-3-10(12)7-15-11;/h3,7-9,13H,4-6H2,1-2H3;1H. The molecular formula is C11H18Cl2N2S. The fourth-order valence-electron chi connectivity index (χ4n) is 2.23. The van der Waals surface area contributed by atoms with Crippen molar-refractivity contribution in [3.8, 4) is 0 Å². The zero-order chi connectivity index (χ0) is 10.8. The highest BCUT2D eigenvalue weighted by Crippen LogP contribution is 2.21.